The number of hydrogen-bond acceptors (Lipinski definition) is 6. The number of nitrogens with one attached hydrogen (secondary N) is 1. The summed E-state index contributed by atoms with van der Waals surface area (Å²) in [6.07, 6.45) is 3.95. The lowest BCUT2D eigenvalue weighted by Gasteiger charge is -2.03. The lowest BCUT2D eigenvalue weighted by atomic mass is 10.1. The van der Waals surface area contributed by atoms with Crippen LogP contribution in [-0.4, -0.2) is 43.1 Å². The minimum absolute atomic E-state index is 0.0278. The molecule has 0 saturated carbocycles. The molecule has 2 heterocycles. The van der Waals surface area contributed by atoms with Crippen LogP contribution >= 0.6 is 0 Å². The van der Waals surface area contributed by atoms with Gasteiger partial charge in [0.2, 0.25) is 0 Å². The number of amides is 1. The second-order valence-electron chi connectivity index (χ2n) is 7.47. The molecule has 0 aliphatic heterocycles. The maximum atomic E-state index is 12.6. The van der Waals surface area contributed by atoms with Crippen LogP contribution in [0.1, 0.15) is 12.0 Å². The van der Waals surface area contributed by atoms with Gasteiger partial charge in [-0.2, -0.15) is 10.4 Å². The number of hydrogen-bond donors (Lipinski definition) is 1. The van der Waals surface area contributed by atoms with E-state index in [1.165, 1.54) is 6.08 Å². The molecule has 0 bridgehead atoms. The number of furan rings is 1. The highest BCUT2D eigenvalue weighted by atomic mass is 16.5. The average molecular weight is 457 g/mol. The van der Waals surface area contributed by atoms with Crippen molar-refractivity contribution in [3.8, 4) is 29.0 Å². The Morgan fingerprint density at radius 1 is 1.21 bits per heavy atom. The molecule has 0 aliphatic carbocycles. The predicted molar refractivity (Wildman–Crippen MR) is 128 cm³/mol. The van der Waals surface area contributed by atoms with Gasteiger partial charge in [-0.15, -0.1) is 0 Å². The summed E-state index contributed by atoms with van der Waals surface area (Å²) in [6, 6.07) is 19.0. The van der Waals surface area contributed by atoms with Crippen LogP contribution in [0.15, 0.2) is 70.8 Å². The monoisotopic (exact) mass is 456 g/mol. The first kappa shape index (κ1) is 22.8. The van der Waals surface area contributed by atoms with Gasteiger partial charge >= 0.3 is 0 Å². The van der Waals surface area contributed by atoms with Crippen LogP contribution in [0.3, 0.4) is 0 Å². The molecule has 0 aliphatic rings. The Kier molecular flexibility index (Phi) is 7.06. The van der Waals surface area contributed by atoms with Crippen molar-refractivity contribution in [2.45, 2.75) is 6.42 Å². The van der Waals surface area contributed by atoms with E-state index in [4.69, 9.17) is 19.0 Å². The lowest BCUT2D eigenvalue weighted by Crippen LogP contribution is -2.26. The number of carbonyl (C=O) groups is 1. The second kappa shape index (κ2) is 10.5. The van der Waals surface area contributed by atoms with Crippen LogP contribution in [0.25, 0.3) is 34.2 Å². The Labute approximate surface area is 197 Å². The highest BCUT2D eigenvalue weighted by Gasteiger charge is 2.19. The summed E-state index contributed by atoms with van der Waals surface area (Å²) in [6.45, 7) is 0.931. The fraction of sp³-hybridized carbons (Fsp3) is 0.192. The zero-order chi connectivity index (χ0) is 23.9. The van der Waals surface area contributed by atoms with Gasteiger partial charge in [0.25, 0.3) is 5.91 Å². The molecule has 8 nitrogen and oxygen atoms in total. The third-order valence-electron chi connectivity index (χ3n) is 5.20. The van der Waals surface area contributed by atoms with E-state index >= 15 is 0 Å². The number of rotatable bonds is 9. The van der Waals surface area contributed by atoms with E-state index in [0.29, 0.717) is 47.9 Å². The molecule has 8 heteroatoms. The molecular formula is C26H24N4O4. The Morgan fingerprint density at radius 2 is 2.03 bits per heavy atom. The fourth-order valence-corrected chi connectivity index (χ4v) is 3.53. The molecular weight excluding hydrogens is 432 g/mol. The highest BCUT2D eigenvalue weighted by Crippen LogP contribution is 2.35. The van der Waals surface area contributed by atoms with Gasteiger partial charge in [-0.25, -0.2) is 4.68 Å². The lowest BCUT2D eigenvalue weighted by molar-refractivity contribution is -0.117. The average Bonchev–Trinajstić information content (AvgIpc) is 3.49. The van der Waals surface area contributed by atoms with Crippen LogP contribution in [0.2, 0.25) is 0 Å². The summed E-state index contributed by atoms with van der Waals surface area (Å²) in [4.78, 5) is 12.6. The van der Waals surface area contributed by atoms with Gasteiger partial charge in [0.1, 0.15) is 17.3 Å². The van der Waals surface area contributed by atoms with E-state index < -0.39 is 5.91 Å². The molecule has 0 spiro atoms. The van der Waals surface area contributed by atoms with Crippen molar-refractivity contribution in [3.63, 3.8) is 0 Å². The molecule has 0 fully saturated rings. The van der Waals surface area contributed by atoms with Crippen LogP contribution in [-0.2, 0) is 9.53 Å². The number of aromatic nitrogens is 2. The maximum absolute atomic E-state index is 12.6. The molecule has 0 unspecified atom stereocenters. The summed E-state index contributed by atoms with van der Waals surface area (Å²) in [5.41, 5.74) is 2.48. The first-order valence-electron chi connectivity index (χ1n) is 10.8. The Bertz CT molecular complexity index is 1360. The van der Waals surface area contributed by atoms with E-state index in [-0.39, 0.29) is 5.57 Å². The third-order valence-corrected chi connectivity index (χ3v) is 5.20. The first-order chi connectivity index (χ1) is 16.6. The molecule has 4 aromatic rings. The SMILES string of the molecule is COCCCNC(=O)/C(C#N)=C\c1cn(-c2ccccc2)nc1-c1cc2cccc(OC)c2o1. The summed E-state index contributed by atoms with van der Waals surface area (Å²) in [5, 5.41) is 18.0. The largest absolute Gasteiger partial charge is 0.493 e. The van der Waals surface area contributed by atoms with Gasteiger partial charge in [0.05, 0.1) is 12.8 Å². The summed E-state index contributed by atoms with van der Waals surface area (Å²) >= 11 is 0. The quantitative estimate of drug-likeness (QED) is 0.228. The summed E-state index contributed by atoms with van der Waals surface area (Å²) < 4.78 is 18.2. The van der Waals surface area contributed by atoms with E-state index in [1.54, 1.807) is 25.1 Å². The minimum atomic E-state index is -0.455. The Hall–Kier alpha value is -4.35. The van der Waals surface area contributed by atoms with Gasteiger partial charge in [-0.05, 0) is 36.8 Å². The normalized spacial score (nSPS) is 11.4. The molecule has 1 N–H and O–H groups in total. The smallest absolute Gasteiger partial charge is 0.261 e. The zero-order valence-electron chi connectivity index (χ0n) is 18.9. The van der Waals surface area contributed by atoms with Crippen molar-refractivity contribution in [1.29, 1.82) is 5.26 Å². The molecule has 4 rings (SSSR count). The molecule has 0 atom stereocenters. The number of para-hydroxylation sites is 2. The van der Waals surface area contributed by atoms with Crippen molar-refractivity contribution in [2.24, 2.45) is 0 Å². The van der Waals surface area contributed by atoms with E-state index in [9.17, 15) is 10.1 Å². The van der Waals surface area contributed by atoms with E-state index in [2.05, 4.69) is 5.32 Å². The van der Waals surface area contributed by atoms with Crippen LogP contribution < -0.4 is 10.1 Å². The van der Waals surface area contributed by atoms with Crippen LogP contribution in [0.4, 0.5) is 0 Å². The number of carbonyl (C=O) groups excluding carboxylic acids is 1. The topological polar surface area (TPSA) is 102 Å². The first-order valence-corrected chi connectivity index (χ1v) is 10.8. The number of nitrogens with zero attached hydrogens (tertiary/aromatic N) is 3. The zero-order valence-corrected chi connectivity index (χ0v) is 18.9. The summed E-state index contributed by atoms with van der Waals surface area (Å²) in [5.74, 6) is 0.651. The Morgan fingerprint density at radius 3 is 2.76 bits per heavy atom. The molecule has 2 aromatic carbocycles. The molecule has 2 aromatic heterocycles. The van der Waals surface area contributed by atoms with E-state index in [1.807, 2.05) is 60.7 Å². The number of benzene rings is 2. The van der Waals surface area contributed by atoms with Gasteiger partial charge in [-0.3, -0.25) is 4.79 Å². The number of nitriles is 1. The van der Waals surface area contributed by atoms with Crippen molar-refractivity contribution < 1.29 is 18.7 Å². The Balaban J connectivity index is 1.77. The van der Waals surface area contributed by atoms with Gasteiger partial charge in [0, 0.05) is 37.4 Å². The van der Waals surface area contributed by atoms with E-state index in [0.717, 1.165) is 11.1 Å². The van der Waals surface area contributed by atoms with Crippen molar-refractivity contribution in [2.75, 3.05) is 27.4 Å². The predicted octanol–water partition coefficient (Wildman–Crippen LogP) is 4.35. The second-order valence-corrected chi connectivity index (χ2v) is 7.47. The molecule has 34 heavy (non-hydrogen) atoms. The number of fused-ring (bicyclic) bond motifs is 1. The molecule has 172 valence electrons. The summed E-state index contributed by atoms with van der Waals surface area (Å²) in [7, 11) is 3.18. The van der Waals surface area contributed by atoms with Gasteiger partial charge in [-0.1, -0.05) is 30.3 Å². The van der Waals surface area contributed by atoms with Crippen molar-refractivity contribution >= 4 is 23.0 Å². The van der Waals surface area contributed by atoms with Gasteiger partial charge in [0.15, 0.2) is 17.1 Å². The molecule has 0 radical (unpaired) electrons. The minimum Gasteiger partial charge on any atom is -0.493 e. The number of ether oxygens (including phenoxy) is 2. The van der Waals surface area contributed by atoms with Crippen molar-refractivity contribution in [3.05, 3.63) is 71.9 Å². The fourth-order valence-electron chi connectivity index (χ4n) is 3.53. The van der Waals surface area contributed by atoms with Crippen LogP contribution in [0, 0.1) is 11.3 Å². The standard InChI is InChI=1S/C26H24N4O4/c1-32-13-7-12-28-26(31)19(16-27)14-20-17-30(21-9-4-3-5-10-21)29-24(20)23-15-18-8-6-11-22(33-2)25(18)34-23/h3-6,8-11,14-15,17H,7,12-13H2,1-2H3,(H,28,31)/b19-14-. The van der Waals surface area contributed by atoms with Crippen LogP contribution in [0.5, 0.6) is 5.75 Å². The highest BCUT2D eigenvalue weighted by molar-refractivity contribution is 6.02. The maximum Gasteiger partial charge on any atom is 0.261 e. The molecule has 0 saturated heterocycles. The van der Waals surface area contributed by atoms with Gasteiger partial charge < -0.3 is 19.2 Å². The third kappa shape index (κ3) is 4.85. The number of methoxy groups -OCH3 is 2. The molecule has 1 amide bonds. The van der Waals surface area contributed by atoms with Crippen molar-refractivity contribution in [1.82, 2.24) is 15.1 Å².